The highest BCUT2D eigenvalue weighted by Gasteiger charge is 2.21. The molecule has 2 saturated heterocycles. The molecule has 6 heteroatoms. The van der Waals surface area contributed by atoms with Crippen LogP contribution in [0.1, 0.15) is 58.3 Å². The Morgan fingerprint density at radius 1 is 1.04 bits per heavy atom. The summed E-state index contributed by atoms with van der Waals surface area (Å²) in [7, 11) is 1.90. The Bertz CT molecular complexity index is 353. The molecule has 2 rings (SSSR count). The number of ether oxygens (including phenoxy) is 1. The number of halogens is 1. The summed E-state index contributed by atoms with van der Waals surface area (Å²) in [4.78, 5) is 9.47. The van der Waals surface area contributed by atoms with Crippen molar-refractivity contribution in [3.05, 3.63) is 0 Å². The SMILES string of the molecule is CCOC1CCN(C(=NC)NCCCCCN2CCCCC2)CC1.I. The van der Waals surface area contributed by atoms with E-state index >= 15 is 0 Å². The molecule has 0 unspecified atom stereocenters. The number of hydrogen-bond donors (Lipinski definition) is 1. The summed E-state index contributed by atoms with van der Waals surface area (Å²) in [6, 6.07) is 0. The Morgan fingerprint density at radius 2 is 1.76 bits per heavy atom. The third kappa shape index (κ3) is 8.91. The van der Waals surface area contributed by atoms with Crippen molar-refractivity contribution in [1.29, 1.82) is 0 Å². The maximum absolute atomic E-state index is 5.73. The van der Waals surface area contributed by atoms with Crippen molar-refractivity contribution in [1.82, 2.24) is 15.1 Å². The monoisotopic (exact) mass is 466 g/mol. The van der Waals surface area contributed by atoms with E-state index in [1.807, 2.05) is 7.05 Å². The van der Waals surface area contributed by atoms with Crippen LogP contribution in [0.2, 0.25) is 0 Å². The standard InChI is InChI=1S/C19H38N4O.HI/c1-3-24-18-10-16-23(17-11-18)19(20-2)21-12-6-4-7-13-22-14-8-5-9-15-22;/h18H,3-17H2,1-2H3,(H,20,21);1H. The van der Waals surface area contributed by atoms with Gasteiger partial charge < -0.3 is 19.9 Å². The minimum Gasteiger partial charge on any atom is -0.378 e. The van der Waals surface area contributed by atoms with Gasteiger partial charge in [-0.2, -0.15) is 0 Å². The van der Waals surface area contributed by atoms with E-state index in [0.29, 0.717) is 6.10 Å². The smallest absolute Gasteiger partial charge is 0.193 e. The first-order valence-electron chi connectivity index (χ1n) is 10.1. The van der Waals surface area contributed by atoms with Gasteiger partial charge in [0.05, 0.1) is 6.10 Å². The molecule has 0 saturated carbocycles. The fraction of sp³-hybridized carbons (Fsp3) is 0.947. The lowest BCUT2D eigenvalue weighted by Gasteiger charge is -2.34. The second-order valence-corrected chi connectivity index (χ2v) is 7.08. The Morgan fingerprint density at radius 3 is 2.40 bits per heavy atom. The van der Waals surface area contributed by atoms with E-state index in [0.717, 1.165) is 45.0 Å². The second kappa shape index (κ2) is 14.0. The average Bonchev–Trinajstić information content (AvgIpc) is 2.63. The van der Waals surface area contributed by atoms with Crippen LogP contribution in [0.5, 0.6) is 0 Å². The van der Waals surface area contributed by atoms with Gasteiger partial charge in [-0.3, -0.25) is 4.99 Å². The number of nitrogens with zero attached hydrogens (tertiary/aromatic N) is 3. The Balaban J connectivity index is 0.00000312. The van der Waals surface area contributed by atoms with Crippen LogP contribution in [0, 0.1) is 0 Å². The molecule has 0 aliphatic carbocycles. The molecule has 148 valence electrons. The van der Waals surface area contributed by atoms with Crippen molar-refractivity contribution in [2.75, 3.05) is 52.9 Å². The molecule has 0 atom stereocenters. The predicted octanol–water partition coefficient (Wildman–Crippen LogP) is 3.34. The number of aliphatic imine (C=N–C) groups is 1. The first-order valence-corrected chi connectivity index (χ1v) is 10.1. The average molecular weight is 466 g/mol. The molecule has 5 nitrogen and oxygen atoms in total. The summed E-state index contributed by atoms with van der Waals surface area (Å²) < 4.78 is 5.73. The fourth-order valence-corrected chi connectivity index (χ4v) is 3.82. The van der Waals surface area contributed by atoms with Gasteiger partial charge in [0.1, 0.15) is 0 Å². The molecule has 0 aromatic heterocycles. The van der Waals surface area contributed by atoms with Gasteiger partial charge in [-0.15, -0.1) is 24.0 Å². The maximum Gasteiger partial charge on any atom is 0.193 e. The van der Waals surface area contributed by atoms with E-state index in [4.69, 9.17) is 4.74 Å². The van der Waals surface area contributed by atoms with E-state index in [-0.39, 0.29) is 24.0 Å². The zero-order valence-corrected chi connectivity index (χ0v) is 18.7. The van der Waals surface area contributed by atoms with Gasteiger partial charge in [0.2, 0.25) is 0 Å². The number of likely N-dealkylation sites (tertiary alicyclic amines) is 2. The Kier molecular flexibility index (Phi) is 12.9. The molecular formula is C19H39IN4O. The van der Waals surface area contributed by atoms with E-state index in [1.54, 1.807) is 0 Å². The minimum atomic E-state index is 0. The third-order valence-corrected chi connectivity index (χ3v) is 5.24. The molecule has 0 amide bonds. The summed E-state index contributed by atoms with van der Waals surface area (Å²) in [5.41, 5.74) is 0. The first kappa shape index (κ1) is 23.0. The fourth-order valence-electron chi connectivity index (χ4n) is 3.82. The van der Waals surface area contributed by atoms with Crippen LogP contribution in [0.3, 0.4) is 0 Å². The van der Waals surface area contributed by atoms with Gasteiger partial charge in [-0.25, -0.2) is 0 Å². The van der Waals surface area contributed by atoms with Crippen molar-refractivity contribution in [2.24, 2.45) is 4.99 Å². The van der Waals surface area contributed by atoms with Gasteiger partial charge in [0.25, 0.3) is 0 Å². The number of hydrogen-bond acceptors (Lipinski definition) is 3. The van der Waals surface area contributed by atoms with Crippen molar-refractivity contribution >= 4 is 29.9 Å². The van der Waals surface area contributed by atoms with Gasteiger partial charge >= 0.3 is 0 Å². The van der Waals surface area contributed by atoms with Crippen LogP contribution in [0.15, 0.2) is 4.99 Å². The van der Waals surface area contributed by atoms with Crippen molar-refractivity contribution < 1.29 is 4.74 Å². The molecule has 25 heavy (non-hydrogen) atoms. The molecule has 0 bridgehead atoms. The minimum absolute atomic E-state index is 0. The lowest BCUT2D eigenvalue weighted by molar-refractivity contribution is 0.0264. The molecule has 1 N–H and O–H groups in total. The number of unbranched alkanes of at least 4 members (excludes halogenated alkanes) is 2. The van der Waals surface area contributed by atoms with E-state index < -0.39 is 0 Å². The Hall–Kier alpha value is -0.0800. The molecule has 0 aromatic rings. The van der Waals surface area contributed by atoms with E-state index in [2.05, 4.69) is 27.0 Å². The maximum atomic E-state index is 5.73. The topological polar surface area (TPSA) is 40.1 Å². The number of piperidine rings is 2. The molecule has 2 aliphatic heterocycles. The summed E-state index contributed by atoms with van der Waals surface area (Å²) in [5.74, 6) is 1.07. The summed E-state index contributed by atoms with van der Waals surface area (Å²) >= 11 is 0. The van der Waals surface area contributed by atoms with Crippen molar-refractivity contribution in [3.63, 3.8) is 0 Å². The molecule has 0 radical (unpaired) electrons. The quantitative estimate of drug-likeness (QED) is 0.258. The second-order valence-electron chi connectivity index (χ2n) is 7.08. The first-order chi connectivity index (χ1) is 11.8. The molecule has 0 aromatic carbocycles. The number of nitrogens with one attached hydrogen (secondary N) is 1. The summed E-state index contributed by atoms with van der Waals surface area (Å²) in [5, 5.41) is 3.55. The van der Waals surface area contributed by atoms with Crippen molar-refractivity contribution in [3.8, 4) is 0 Å². The summed E-state index contributed by atoms with van der Waals surface area (Å²) in [6.07, 6.45) is 10.8. The van der Waals surface area contributed by atoms with Gasteiger partial charge in [0.15, 0.2) is 5.96 Å². The Labute approximate surface area is 172 Å². The highest BCUT2D eigenvalue weighted by atomic mass is 127. The van der Waals surface area contributed by atoms with Crippen LogP contribution >= 0.6 is 24.0 Å². The highest BCUT2D eigenvalue weighted by Crippen LogP contribution is 2.14. The zero-order valence-electron chi connectivity index (χ0n) is 16.3. The molecule has 2 fully saturated rings. The van der Waals surface area contributed by atoms with Crippen LogP contribution in [0.4, 0.5) is 0 Å². The lowest BCUT2D eigenvalue weighted by atomic mass is 10.1. The lowest BCUT2D eigenvalue weighted by Crippen LogP contribution is -2.47. The highest BCUT2D eigenvalue weighted by molar-refractivity contribution is 14.0. The predicted molar refractivity (Wildman–Crippen MR) is 117 cm³/mol. The summed E-state index contributed by atoms with van der Waals surface area (Å²) in [6.45, 7) is 9.99. The van der Waals surface area contributed by atoms with Crippen LogP contribution in [-0.2, 0) is 4.74 Å². The molecule has 2 aliphatic rings. The zero-order chi connectivity index (χ0) is 17.0. The number of rotatable bonds is 8. The van der Waals surface area contributed by atoms with Gasteiger partial charge in [-0.1, -0.05) is 12.8 Å². The normalized spacial score (nSPS) is 20.4. The van der Waals surface area contributed by atoms with Crippen LogP contribution in [-0.4, -0.2) is 74.8 Å². The van der Waals surface area contributed by atoms with Crippen LogP contribution < -0.4 is 5.32 Å². The molecular weight excluding hydrogens is 427 g/mol. The largest absolute Gasteiger partial charge is 0.378 e. The van der Waals surface area contributed by atoms with E-state index in [9.17, 15) is 0 Å². The molecule has 0 spiro atoms. The van der Waals surface area contributed by atoms with E-state index in [1.165, 1.54) is 58.2 Å². The van der Waals surface area contributed by atoms with Gasteiger partial charge in [0, 0.05) is 33.3 Å². The third-order valence-electron chi connectivity index (χ3n) is 5.24. The number of guanidine groups is 1. The van der Waals surface area contributed by atoms with Crippen molar-refractivity contribution in [2.45, 2.75) is 64.4 Å². The molecule has 2 heterocycles. The van der Waals surface area contributed by atoms with Gasteiger partial charge in [-0.05, 0) is 65.1 Å². The van der Waals surface area contributed by atoms with Crippen LogP contribution in [0.25, 0.3) is 0 Å².